The van der Waals surface area contributed by atoms with Crippen molar-refractivity contribution in [1.29, 1.82) is 0 Å². The summed E-state index contributed by atoms with van der Waals surface area (Å²) in [6.07, 6.45) is 8.74. The third-order valence-corrected chi connectivity index (χ3v) is 2.72. The second kappa shape index (κ2) is 7.34. The molecule has 84 valence electrons. The fourth-order valence-corrected chi connectivity index (χ4v) is 1.73. The molecule has 0 spiro atoms. The minimum Gasteiger partial charge on any atom is -0.365 e. The first kappa shape index (κ1) is 12.1. The van der Waals surface area contributed by atoms with E-state index in [0.29, 0.717) is 5.82 Å². The van der Waals surface area contributed by atoms with Gasteiger partial charge in [0.1, 0.15) is 0 Å². The van der Waals surface area contributed by atoms with E-state index in [9.17, 15) is 4.79 Å². The van der Waals surface area contributed by atoms with Crippen molar-refractivity contribution >= 4 is 17.6 Å². The van der Waals surface area contributed by atoms with Crippen LogP contribution in [0.5, 0.6) is 0 Å². The Morgan fingerprint density at radius 3 is 3.07 bits per heavy atom. The third-order valence-electron chi connectivity index (χ3n) is 2.03. The van der Waals surface area contributed by atoms with Crippen molar-refractivity contribution < 1.29 is 0 Å². The molecule has 0 amide bonds. The molecule has 2 N–H and O–H groups in total. The summed E-state index contributed by atoms with van der Waals surface area (Å²) in [6.45, 7) is 0.814. The monoisotopic (exact) mass is 227 g/mol. The Balaban J connectivity index is 2.15. The number of hydrogen-bond acceptors (Lipinski definition) is 4. The Morgan fingerprint density at radius 1 is 1.47 bits per heavy atom. The van der Waals surface area contributed by atoms with Crippen LogP contribution in [-0.4, -0.2) is 28.5 Å². The molecule has 0 aliphatic carbocycles. The number of nitrogens with zero attached hydrogens (tertiary/aromatic N) is 1. The molecule has 0 saturated carbocycles. The lowest BCUT2D eigenvalue weighted by Gasteiger charge is -2.03. The largest absolute Gasteiger partial charge is 0.365 e. The number of unbranched alkanes of at least 4 members (excludes halogenated alkanes) is 2. The maximum atomic E-state index is 11.2. The summed E-state index contributed by atoms with van der Waals surface area (Å²) in [6, 6.07) is 0. The second-order valence-corrected chi connectivity index (χ2v) is 4.23. The molecule has 4 nitrogen and oxygen atoms in total. The van der Waals surface area contributed by atoms with Gasteiger partial charge in [0.05, 0.1) is 0 Å². The van der Waals surface area contributed by atoms with Crippen LogP contribution in [0.4, 0.5) is 5.82 Å². The number of rotatable bonds is 7. The normalized spacial score (nSPS) is 10.2. The van der Waals surface area contributed by atoms with Crippen LogP contribution in [-0.2, 0) is 0 Å². The number of anilines is 1. The van der Waals surface area contributed by atoms with Crippen LogP contribution in [0.3, 0.4) is 0 Å². The molecule has 1 rings (SSSR count). The number of hydrogen-bond donors (Lipinski definition) is 2. The molecule has 0 unspecified atom stereocenters. The fourth-order valence-electron chi connectivity index (χ4n) is 1.23. The van der Waals surface area contributed by atoms with E-state index in [0.717, 1.165) is 13.0 Å². The molecule has 0 aliphatic rings. The first-order chi connectivity index (χ1) is 7.34. The van der Waals surface area contributed by atoms with Crippen molar-refractivity contribution in [1.82, 2.24) is 9.97 Å². The Bertz CT molecular complexity index is 326. The first-order valence-electron chi connectivity index (χ1n) is 5.11. The molecule has 0 bridgehead atoms. The molecule has 5 heteroatoms. The van der Waals surface area contributed by atoms with Gasteiger partial charge in [-0.25, -0.2) is 4.98 Å². The van der Waals surface area contributed by atoms with Gasteiger partial charge in [-0.05, 0) is 24.9 Å². The maximum Gasteiger partial charge on any atom is 0.290 e. The van der Waals surface area contributed by atoms with E-state index in [1.54, 1.807) is 6.20 Å². The summed E-state index contributed by atoms with van der Waals surface area (Å²) >= 11 is 1.87. The number of aromatic amines is 1. The summed E-state index contributed by atoms with van der Waals surface area (Å²) in [5.41, 5.74) is -0.151. The zero-order chi connectivity index (χ0) is 10.9. The summed E-state index contributed by atoms with van der Waals surface area (Å²) < 4.78 is 0. The number of thioether (sulfide) groups is 1. The van der Waals surface area contributed by atoms with Gasteiger partial charge in [-0.15, -0.1) is 0 Å². The average Bonchev–Trinajstić information content (AvgIpc) is 2.25. The molecule has 0 radical (unpaired) electrons. The number of aromatic nitrogens is 2. The molecular formula is C10H17N3OS. The summed E-state index contributed by atoms with van der Waals surface area (Å²) in [5.74, 6) is 1.63. The number of nitrogens with one attached hydrogen (secondary N) is 2. The van der Waals surface area contributed by atoms with Gasteiger partial charge in [0.25, 0.3) is 5.56 Å². The van der Waals surface area contributed by atoms with Gasteiger partial charge >= 0.3 is 0 Å². The van der Waals surface area contributed by atoms with Gasteiger partial charge < -0.3 is 10.3 Å². The van der Waals surface area contributed by atoms with E-state index >= 15 is 0 Å². The zero-order valence-electron chi connectivity index (χ0n) is 8.95. The van der Waals surface area contributed by atoms with E-state index in [4.69, 9.17) is 0 Å². The highest BCUT2D eigenvalue weighted by Crippen LogP contribution is 2.02. The van der Waals surface area contributed by atoms with Crippen LogP contribution in [0.1, 0.15) is 19.3 Å². The minimum atomic E-state index is -0.151. The van der Waals surface area contributed by atoms with E-state index in [-0.39, 0.29) is 5.56 Å². The minimum absolute atomic E-state index is 0.151. The highest BCUT2D eigenvalue weighted by Gasteiger charge is 1.97. The Hall–Kier alpha value is -0.970. The lowest BCUT2D eigenvalue weighted by atomic mass is 10.2. The molecule has 15 heavy (non-hydrogen) atoms. The van der Waals surface area contributed by atoms with Gasteiger partial charge in [0.15, 0.2) is 5.82 Å². The Morgan fingerprint density at radius 2 is 2.33 bits per heavy atom. The van der Waals surface area contributed by atoms with Crippen molar-refractivity contribution in [2.24, 2.45) is 0 Å². The molecule has 1 aromatic rings. The summed E-state index contributed by atoms with van der Waals surface area (Å²) in [7, 11) is 0. The molecule has 0 atom stereocenters. The Kier molecular flexibility index (Phi) is 5.92. The number of H-pyrrole nitrogens is 1. The summed E-state index contributed by atoms with van der Waals surface area (Å²) in [5, 5.41) is 3.03. The van der Waals surface area contributed by atoms with E-state index in [2.05, 4.69) is 21.5 Å². The molecule has 0 fully saturated rings. The van der Waals surface area contributed by atoms with Crippen LogP contribution in [0.15, 0.2) is 17.2 Å². The van der Waals surface area contributed by atoms with Gasteiger partial charge in [0.2, 0.25) is 0 Å². The van der Waals surface area contributed by atoms with Gasteiger partial charge in [-0.1, -0.05) is 6.42 Å². The zero-order valence-corrected chi connectivity index (χ0v) is 9.77. The quantitative estimate of drug-likeness (QED) is 0.696. The molecule has 1 heterocycles. The van der Waals surface area contributed by atoms with Crippen molar-refractivity contribution in [3.8, 4) is 0 Å². The van der Waals surface area contributed by atoms with Crippen molar-refractivity contribution in [3.63, 3.8) is 0 Å². The van der Waals surface area contributed by atoms with Crippen LogP contribution in [0, 0.1) is 0 Å². The average molecular weight is 227 g/mol. The smallest absolute Gasteiger partial charge is 0.290 e. The van der Waals surface area contributed by atoms with Crippen LogP contribution in [0.25, 0.3) is 0 Å². The van der Waals surface area contributed by atoms with Gasteiger partial charge in [0, 0.05) is 18.9 Å². The van der Waals surface area contributed by atoms with Crippen molar-refractivity contribution in [2.75, 3.05) is 23.9 Å². The molecule has 0 aromatic carbocycles. The van der Waals surface area contributed by atoms with Crippen LogP contribution >= 0.6 is 11.8 Å². The van der Waals surface area contributed by atoms with E-state index in [1.165, 1.54) is 24.8 Å². The van der Waals surface area contributed by atoms with Gasteiger partial charge in [-0.3, -0.25) is 4.79 Å². The van der Waals surface area contributed by atoms with E-state index < -0.39 is 0 Å². The maximum absolute atomic E-state index is 11.2. The van der Waals surface area contributed by atoms with Crippen molar-refractivity contribution in [3.05, 3.63) is 22.7 Å². The SMILES string of the molecule is CSCCCCCNc1ncc[nH]c1=O. The fraction of sp³-hybridized carbons (Fsp3) is 0.600. The third kappa shape index (κ3) is 4.88. The lowest BCUT2D eigenvalue weighted by molar-refractivity contribution is 0.747. The second-order valence-electron chi connectivity index (χ2n) is 3.25. The lowest BCUT2D eigenvalue weighted by Crippen LogP contribution is -2.16. The predicted molar refractivity (Wildman–Crippen MR) is 65.6 cm³/mol. The Labute approximate surface area is 93.9 Å². The van der Waals surface area contributed by atoms with Crippen molar-refractivity contribution in [2.45, 2.75) is 19.3 Å². The molecule has 0 saturated heterocycles. The van der Waals surface area contributed by atoms with Crippen LogP contribution < -0.4 is 10.9 Å². The van der Waals surface area contributed by atoms with Crippen LogP contribution in [0.2, 0.25) is 0 Å². The predicted octanol–water partition coefficient (Wildman–Crippen LogP) is 1.72. The van der Waals surface area contributed by atoms with E-state index in [1.807, 2.05) is 11.8 Å². The summed E-state index contributed by atoms with van der Waals surface area (Å²) in [4.78, 5) is 17.7. The van der Waals surface area contributed by atoms with Gasteiger partial charge in [-0.2, -0.15) is 11.8 Å². The molecular weight excluding hydrogens is 210 g/mol. The molecule has 0 aliphatic heterocycles. The highest BCUT2D eigenvalue weighted by molar-refractivity contribution is 7.98. The standard InChI is InChI=1S/C10H17N3OS/c1-15-8-4-2-3-5-11-9-10(14)13-7-6-12-9/h6-7H,2-5,8H2,1H3,(H,11,12)(H,13,14). The first-order valence-corrected chi connectivity index (χ1v) is 6.50. The molecule has 1 aromatic heterocycles. The highest BCUT2D eigenvalue weighted by atomic mass is 32.2. The topological polar surface area (TPSA) is 57.8 Å².